The number of nitrogen functional groups attached to an aromatic ring is 1. The first-order valence-electron chi connectivity index (χ1n) is 6.13. The van der Waals surface area contributed by atoms with Crippen LogP contribution in [0.4, 0.5) is 5.69 Å². The summed E-state index contributed by atoms with van der Waals surface area (Å²) in [6.45, 7) is 1.85. The standard InChI is InChI=1S/C13H18ClN3O2/c1-17-4-3-8(7-17)16-13(18)9-5-10(14)11(15)6-12(9)19-2/h5-6,8H,3-4,7,15H2,1-2H3,(H,16,18). The lowest BCUT2D eigenvalue weighted by atomic mass is 10.1. The van der Waals surface area contributed by atoms with Gasteiger partial charge in [-0.2, -0.15) is 0 Å². The number of methoxy groups -OCH3 is 1. The van der Waals surface area contributed by atoms with Gasteiger partial charge in [-0.25, -0.2) is 0 Å². The average molecular weight is 284 g/mol. The van der Waals surface area contributed by atoms with Crippen molar-refractivity contribution in [3.05, 3.63) is 22.7 Å². The molecule has 1 heterocycles. The summed E-state index contributed by atoms with van der Waals surface area (Å²) in [5.74, 6) is 0.254. The van der Waals surface area contributed by atoms with Crippen LogP contribution in [0.1, 0.15) is 16.8 Å². The zero-order valence-electron chi connectivity index (χ0n) is 11.1. The first kappa shape index (κ1) is 14.0. The second-order valence-corrected chi connectivity index (χ2v) is 5.20. The van der Waals surface area contributed by atoms with E-state index >= 15 is 0 Å². The largest absolute Gasteiger partial charge is 0.496 e. The van der Waals surface area contributed by atoms with E-state index in [-0.39, 0.29) is 11.9 Å². The molecule has 5 nitrogen and oxygen atoms in total. The summed E-state index contributed by atoms with van der Waals surface area (Å²) in [5.41, 5.74) is 6.51. The van der Waals surface area contributed by atoms with Crippen molar-refractivity contribution >= 4 is 23.2 Å². The van der Waals surface area contributed by atoms with Gasteiger partial charge in [0, 0.05) is 18.7 Å². The summed E-state index contributed by atoms with van der Waals surface area (Å²) in [6.07, 6.45) is 0.952. The number of halogens is 1. The minimum Gasteiger partial charge on any atom is -0.496 e. The highest BCUT2D eigenvalue weighted by molar-refractivity contribution is 6.33. The Morgan fingerprint density at radius 1 is 1.58 bits per heavy atom. The molecule has 1 unspecified atom stereocenters. The van der Waals surface area contributed by atoms with Gasteiger partial charge in [-0.05, 0) is 26.1 Å². The third-order valence-corrected chi connectivity index (χ3v) is 3.62. The van der Waals surface area contributed by atoms with E-state index in [1.165, 1.54) is 7.11 Å². The van der Waals surface area contributed by atoms with Crippen LogP contribution < -0.4 is 15.8 Å². The van der Waals surface area contributed by atoms with E-state index in [9.17, 15) is 4.79 Å². The molecule has 104 valence electrons. The quantitative estimate of drug-likeness (QED) is 0.822. The summed E-state index contributed by atoms with van der Waals surface area (Å²) >= 11 is 5.96. The first-order chi connectivity index (χ1) is 9.01. The van der Waals surface area contributed by atoms with Crippen LogP contribution in [0.3, 0.4) is 0 Å². The van der Waals surface area contributed by atoms with Crippen molar-refractivity contribution in [3.63, 3.8) is 0 Å². The van der Waals surface area contributed by atoms with Gasteiger partial charge in [-0.1, -0.05) is 11.6 Å². The zero-order valence-corrected chi connectivity index (χ0v) is 11.8. The van der Waals surface area contributed by atoms with Crippen molar-refractivity contribution in [2.24, 2.45) is 0 Å². The normalized spacial score (nSPS) is 19.4. The highest BCUT2D eigenvalue weighted by atomic mass is 35.5. The molecule has 1 aliphatic rings. The summed E-state index contributed by atoms with van der Waals surface area (Å²) in [6, 6.07) is 3.28. The summed E-state index contributed by atoms with van der Waals surface area (Å²) < 4.78 is 5.18. The molecule has 0 aromatic heterocycles. The molecule has 1 aromatic carbocycles. The number of nitrogens with zero attached hydrogens (tertiary/aromatic N) is 1. The molecular weight excluding hydrogens is 266 g/mol. The van der Waals surface area contributed by atoms with E-state index in [0.717, 1.165) is 19.5 Å². The number of hydrogen-bond acceptors (Lipinski definition) is 4. The van der Waals surface area contributed by atoms with E-state index in [0.29, 0.717) is 22.0 Å². The summed E-state index contributed by atoms with van der Waals surface area (Å²) in [5, 5.41) is 3.34. The van der Waals surface area contributed by atoms with Crippen molar-refractivity contribution in [2.45, 2.75) is 12.5 Å². The lowest BCUT2D eigenvalue weighted by molar-refractivity contribution is 0.0935. The lowest BCUT2D eigenvalue weighted by Gasteiger charge is -2.15. The van der Waals surface area contributed by atoms with Crippen molar-refractivity contribution in [1.29, 1.82) is 0 Å². The van der Waals surface area contributed by atoms with Gasteiger partial charge >= 0.3 is 0 Å². The van der Waals surface area contributed by atoms with Crippen molar-refractivity contribution < 1.29 is 9.53 Å². The number of anilines is 1. The molecule has 0 saturated carbocycles. The van der Waals surface area contributed by atoms with Crippen molar-refractivity contribution in [1.82, 2.24) is 10.2 Å². The molecule has 1 aliphatic heterocycles. The van der Waals surface area contributed by atoms with Crippen LogP contribution in [0.2, 0.25) is 5.02 Å². The van der Waals surface area contributed by atoms with Crippen molar-refractivity contribution in [3.8, 4) is 5.75 Å². The number of carbonyl (C=O) groups excluding carboxylic acids is 1. The molecular formula is C13H18ClN3O2. The second-order valence-electron chi connectivity index (χ2n) is 4.80. The average Bonchev–Trinajstić information content (AvgIpc) is 2.77. The Hall–Kier alpha value is -1.46. The predicted octanol–water partition coefficient (Wildman–Crippen LogP) is 1.36. The highest BCUT2D eigenvalue weighted by Gasteiger charge is 2.23. The van der Waals surface area contributed by atoms with Gasteiger partial charge in [-0.15, -0.1) is 0 Å². The number of rotatable bonds is 3. The Morgan fingerprint density at radius 3 is 2.89 bits per heavy atom. The zero-order chi connectivity index (χ0) is 14.0. The summed E-state index contributed by atoms with van der Waals surface area (Å²) in [4.78, 5) is 14.4. The number of nitrogens with two attached hydrogens (primary N) is 1. The number of likely N-dealkylation sites (tertiary alicyclic amines) is 1. The third kappa shape index (κ3) is 3.11. The molecule has 1 saturated heterocycles. The molecule has 1 fully saturated rings. The third-order valence-electron chi connectivity index (χ3n) is 3.29. The second kappa shape index (κ2) is 5.67. The number of ether oxygens (including phenoxy) is 1. The number of carbonyl (C=O) groups is 1. The number of benzene rings is 1. The van der Waals surface area contributed by atoms with E-state index in [1.54, 1.807) is 12.1 Å². The molecule has 2 rings (SSSR count). The Bertz CT molecular complexity index is 493. The van der Waals surface area contributed by atoms with Gasteiger partial charge < -0.3 is 20.7 Å². The summed E-state index contributed by atoms with van der Waals surface area (Å²) in [7, 11) is 3.54. The molecule has 1 atom stereocenters. The van der Waals surface area contributed by atoms with Crippen LogP contribution in [-0.4, -0.2) is 44.1 Å². The molecule has 0 bridgehead atoms. The fourth-order valence-electron chi connectivity index (χ4n) is 2.23. The molecule has 0 aliphatic carbocycles. The van der Waals surface area contributed by atoms with Gasteiger partial charge in [0.15, 0.2) is 0 Å². The number of hydrogen-bond donors (Lipinski definition) is 2. The molecule has 0 spiro atoms. The smallest absolute Gasteiger partial charge is 0.255 e. The van der Waals surface area contributed by atoms with Crippen LogP contribution >= 0.6 is 11.6 Å². The topological polar surface area (TPSA) is 67.6 Å². The molecule has 1 amide bonds. The number of likely N-dealkylation sites (N-methyl/N-ethyl adjacent to an activating group) is 1. The van der Waals surface area contributed by atoms with Gasteiger partial charge in [0.2, 0.25) is 0 Å². The van der Waals surface area contributed by atoms with Crippen LogP contribution in [0.15, 0.2) is 12.1 Å². The fraction of sp³-hybridized carbons (Fsp3) is 0.462. The van der Waals surface area contributed by atoms with Crippen molar-refractivity contribution in [2.75, 3.05) is 33.0 Å². The van der Waals surface area contributed by atoms with Crippen LogP contribution in [0, 0.1) is 0 Å². The maximum absolute atomic E-state index is 12.2. The Balaban J connectivity index is 2.16. The molecule has 19 heavy (non-hydrogen) atoms. The van der Waals surface area contributed by atoms with E-state index in [2.05, 4.69) is 10.2 Å². The maximum Gasteiger partial charge on any atom is 0.255 e. The number of amides is 1. The van der Waals surface area contributed by atoms with E-state index in [4.69, 9.17) is 22.1 Å². The van der Waals surface area contributed by atoms with Gasteiger partial charge in [0.1, 0.15) is 5.75 Å². The molecule has 1 aromatic rings. The van der Waals surface area contributed by atoms with Gasteiger partial charge in [0.05, 0.1) is 23.4 Å². The highest BCUT2D eigenvalue weighted by Crippen LogP contribution is 2.28. The minimum absolute atomic E-state index is 0.165. The minimum atomic E-state index is -0.181. The molecule has 3 N–H and O–H groups in total. The fourth-order valence-corrected chi connectivity index (χ4v) is 2.40. The lowest BCUT2D eigenvalue weighted by Crippen LogP contribution is -2.36. The van der Waals surface area contributed by atoms with Gasteiger partial charge in [-0.3, -0.25) is 4.79 Å². The molecule has 6 heteroatoms. The van der Waals surface area contributed by atoms with E-state index in [1.807, 2.05) is 7.05 Å². The predicted molar refractivity (Wildman–Crippen MR) is 75.8 cm³/mol. The van der Waals surface area contributed by atoms with E-state index < -0.39 is 0 Å². The number of nitrogens with one attached hydrogen (secondary N) is 1. The monoisotopic (exact) mass is 283 g/mol. The molecule has 0 radical (unpaired) electrons. The van der Waals surface area contributed by atoms with Crippen LogP contribution in [0.5, 0.6) is 5.75 Å². The first-order valence-corrected chi connectivity index (χ1v) is 6.51. The maximum atomic E-state index is 12.2. The van der Waals surface area contributed by atoms with Crippen LogP contribution in [0.25, 0.3) is 0 Å². The van der Waals surface area contributed by atoms with Crippen LogP contribution in [-0.2, 0) is 0 Å². The van der Waals surface area contributed by atoms with Gasteiger partial charge in [0.25, 0.3) is 5.91 Å². The Morgan fingerprint density at radius 2 is 2.32 bits per heavy atom. The Kier molecular flexibility index (Phi) is 4.17. The Labute approximate surface area is 117 Å². The SMILES string of the molecule is COc1cc(N)c(Cl)cc1C(=O)NC1CCN(C)C1.